The van der Waals surface area contributed by atoms with Gasteiger partial charge in [0.2, 0.25) is 0 Å². The lowest BCUT2D eigenvalue weighted by Gasteiger charge is -2.04. The lowest BCUT2D eigenvalue weighted by Crippen LogP contribution is -1.96. The van der Waals surface area contributed by atoms with Crippen LogP contribution in [0.25, 0.3) is 0 Å². The van der Waals surface area contributed by atoms with Crippen molar-refractivity contribution in [3.05, 3.63) is 0 Å². The summed E-state index contributed by atoms with van der Waals surface area (Å²) in [5.74, 6) is 0.715. The monoisotopic (exact) mass is 128 g/mol. The van der Waals surface area contributed by atoms with Crippen LogP contribution in [0.3, 0.4) is 0 Å². The first-order chi connectivity index (χ1) is 4.31. The van der Waals surface area contributed by atoms with Gasteiger partial charge in [0.15, 0.2) is 0 Å². The largest absolute Gasteiger partial charge is 0.396 e. The van der Waals surface area contributed by atoms with E-state index in [1.807, 2.05) is 0 Å². The van der Waals surface area contributed by atoms with E-state index in [-0.39, 0.29) is 0 Å². The van der Waals surface area contributed by atoms with Gasteiger partial charge in [-0.05, 0) is 12.3 Å². The SMILES string of the molecule is [CH]=NOCCC(C)CC. The van der Waals surface area contributed by atoms with Crippen molar-refractivity contribution in [3.8, 4) is 0 Å². The van der Waals surface area contributed by atoms with Crippen LogP contribution in [-0.2, 0) is 4.84 Å². The molecule has 0 aromatic carbocycles. The molecule has 0 spiro atoms. The summed E-state index contributed by atoms with van der Waals surface area (Å²) in [7, 11) is 0. The Kier molecular flexibility index (Phi) is 5.27. The molecule has 0 bridgehead atoms. The zero-order valence-corrected chi connectivity index (χ0v) is 6.13. The van der Waals surface area contributed by atoms with Crippen LogP contribution >= 0.6 is 0 Å². The second-order valence-electron chi connectivity index (χ2n) is 2.24. The van der Waals surface area contributed by atoms with Crippen LogP contribution in [0.4, 0.5) is 0 Å². The van der Waals surface area contributed by atoms with E-state index in [9.17, 15) is 0 Å². The third-order valence-corrected chi connectivity index (χ3v) is 1.47. The summed E-state index contributed by atoms with van der Waals surface area (Å²) < 4.78 is 0. The molecule has 0 N–H and O–H groups in total. The Labute approximate surface area is 56.9 Å². The minimum absolute atomic E-state index is 0.644. The van der Waals surface area contributed by atoms with Gasteiger partial charge in [-0.2, -0.15) is 0 Å². The summed E-state index contributed by atoms with van der Waals surface area (Å²) in [6, 6.07) is 0. The molecule has 0 rings (SSSR count). The first-order valence-electron chi connectivity index (χ1n) is 3.33. The molecule has 0 saturated carbocycles. The summed E-state index contributed by atoms with van der Waals surface area (Å²) in [5.41, 5.74) is 0. The Morgan fingerprint density at radius 2 is 2.33 bits per heavy atom. The van der Waals surface area contributed by atoms with Crippen molar-refractivity contribution in [2.24, 2.45) is 11.1 Å². The molecular weight excluding hydrogens is 114 g/mol. The van der Waals surface area contributed by atoms with E-state index in [1.54, 1.807) is 0 Å². The molecule has 9 heavy (non-hydrogen) atoms. The third-order valence-electron chi connectivity index (χ3n) is 1.47. The Balaban J connectivity index is 2.96. The second kappa shape index (κ2) is 5.60. The minimum Gasteiger partial charge on any atom is -0.396 e. The maximum Gasteiger partial charge on any atom is 0.117 e. The van der Waals surface area contributed by atoms with E-state index >= 15 is 0 Å². The molecule has 1 unspecified atom stereocenters. The molecule has 0 aliphatic heterocycles. The summed E-state index contributed by atoms with van der Waals surface area (Å²) in [6.45, 7) is 9.74. The molecule has 0 aliphatic rings. The van der Waals surface area contributed by atoms with Crippen LogP contribution in [-0.4, -0.2) is 13.3 Å². The lowest BCUT2D eigenvalue weighted by molar-refractivity contribution is 0.132. The van der Waals surface area contributed by atoms with Gasteiger partial charge in [-0.25, -0.2) is 0 Å². The van der Waals surface area contributed by atoms with Crippen molar-refractivity contribution in [3.63, 3.8) is 0 Å². The Morgan fingerprint density at radius 1 is 1.67 bits per heavy atom. The fourth-order valence-corrected chi connectivity index (χ4v) is 0.511. The maximum absolute atomic E-state index is 4.76. The van der Waals surface area contributed by atoms with Gasteiger partial charge in [0, 0.05) is 0 Å². The molecule has 0 fully saturated rings. The Hall–Kier alpha value is -0.530. The van der Waals surface area contributed by atoms with Crippen LogP contribution in [0.5, 0.6) is 0 Å². The van der Waals surface area contributed by atoms with Gasteiger partial charge in [-0.1, -0.05) is 25.4 Å². The highest BCUT2D eigenvalue weighted by Gasteiger charge is 1.96. The van der Waals surface area contributed by atoms with E-state index in [2.05, 4.69) is 23.8 Å². The molecule has 0 amide bonds. The zero-order chi connectivity index (χ0) is 7.11. The predicted octanol–water partition coefficient (Wildman–Crippen LogP) is 1.93. The zero-order valence-electron chi connectivity index (χ0n) is 6.13. The fourth-order valence-electron chi connectivity index (χ4n) is 0.511. The van der Waals surface area contributed by atoms with Crippen molar-refractivity contribution in [2.45, 2.75) is 26.7 Å². The van der Waals surface area contributed by atoms with Crippen LogP contribution in [0.1, 0.15) is 26.7 Å². The average molecular weight is 128 g/mol. The third kappa shape index (κ3) is 5.34. The molecule has 0 aromatic heterocycles. The summed E-state index contributed by atoms with van der Waals surface area (Å²) >= 11 is 0. The highest BCUT2D eigenvalue weighted by molar-refractivity contribution is 5.21. The van der Waals surface area contributed by atoms with Crippen LogP contribution in [0.15, 0.2) is 5.16 Å². The van der Waals surface area contributed by atoms with E-state index in [0.29, 0.717) is 12.5 Å². The van der Waals surface area contributed by atoms with Gasteiger partial charge < -0.3 is 4.84 Å². The summed E-state index contributed by atoms with van der Waals surface area (Å²) in [4.78, 5) is 4.61. The van der Waals surface area contributed by atoms with Gasteiger partial charge in [0.05, 0.1) is 6.72 Å². The molecule has 0 aliphatic carbocycles. The topological polar surface area (TPSA) is 21.6 Å². The van der Waals surface area contributed by atoms with Gasteiger partial charge in [0.1, 0.15) is 6.61 Å². The van der Waals surface area contributed by atoms with Gasteiger partial charge in [0.25, 0.3) is 0 Å². The molecular formula is C7H14NO. The smallest absolute Gasteiger partial charge is 0.117 e. The standard InChI is InChI=1S/C7H14NO/c1-4-7(2)5-6-9-8-3/h3,7H,4-6H2,1-2H3. The molecule has 1 radical (unpaired) electrons. The molecule has 1 atom stereocenters. The molecule has 2 nitrogen and oxygen atoms in total. The molecule has 0 saturated heterocycles. The van der Waals surface area contributed by atoms with Crippen LogP contribution < -0.4 is 0 Å². The van der Waals surface area contributed by atoms with Crippen molar-refractivity contribution >= 4 is 6.72 Å². The highest BCUT2D eigenvalue weighted by Crippen LogP contribution is 2.05. The average Bonchev–Trinajstić information content (AvgIpc) is 1.89. The molecule has 2 heteroatoms. The summed E-state index contributed by atoms with van der Waals surface area (Å²) in [5, 5.41) is 3.04. The predicted molar refractivity (Wildman–Crippen MR) is 38.5 cm³/mol. The molecule has 0 aromatic rings. The number of hydrogen-bond acceptors (Lipinski definition) is 2. The van der Waals surface area contributed by atoms with Gasteiger partial charge in [-0.15, -0.1) is 0 Å². The van der Waals surface area contributed by atoms with Crippen LogP contribution in [0, 0.1) is 5.92 Å². The van der Waals surface area contributed by atoms with Crippen molar-refractivity contribution in [2.75, 3.05) is 6.61 Å². The van der Waals surface area contributed by atoms with E-state index in [4.69, 9.17) is 6.72 Å². The Bertz CT molecular complexity index is 73.3. The van der Waals surface area contributed by atoms with Crippen LogP contribution in [0.2, 0.25) is 0 Å². The van der Waals surface area contributed by atoms with E-state index in [0.717, 1.165) is 6.42 Å². The van der Waals surface area contributed by atoms with Gasteiger partial charge in [-0.3, -0.25) is 0 Å². The maximum atomic E-state index is 4.76. The normalized spacial score (nSPS) is 12.7. The van der Waals surface area contributed by atoms with E-state index < -0.39 is 0 Å². The lowest BCUT2D eigenvalue weighted by atomic mass is 10.1. The first kappa shape index (κ1) is 8.47. The molecule has 53 valence electrons. The second-order valence-corrected chi connectivity index (χ2v) is 2.24. The minimum atomic E-state index is 0.644. The molecule has 0 heterocycles. The number of hydrogen-bond donors (Lipinski definition) is 0. The first-order valence-corrected chi connectivity index (χ1v) is 3.33. The van der Waals surface area contributed by atoms with Gasteiger partial charge >= 0.3 is 0 Å². The summed E-state index contributed by atoms with van der Waals surface area (Å²) in [6.07, 6.45) is 2.23. The quantitative estimate of drug-likeness (QED) is 0.315. The number of rotatable bonds is 5. The van der Waals surface area contributed by atoms with Crippen molar-refractivity contribution < 1.29 is 4.84 Å². The van der Waals surface area contributed by atoms with Crippen molar-refractivity contribution in [1.82, 2.24) is 0 Å². The number of nitrogens with zero attached hydrogens (tertiary/aromatic N) is 1. The highest BCUT2D eigenvalue weighted by atomic mass is 16.6. The fraction of sp³-hybridized carbons (Fsp3) is 0.857. The van der Waals surface area contributed by atoms with E-state index in [1.165, 1.54) is 6.42 Å². The Morgan fingerprint density at radius 3 is 2.78 bits per heavy atom. The van der Waals surface area contributed by atoms with Crippen molar-refractivity contribution in [1.29, 1.82) is 0 Å².